The van der Waals surface area contributed by atoms with Crippen LogP contribution in [0.2, 0.25) is 0 Å². The van der Waals surface area contributed by atoms with Gasteiger partial charge in [-0.3, -0.25) is 4.79 Å². The van der Waals surface area contributed by atoms with Gasteiger partial charge in [0.1, 0.15) is 17.3 Å². The molecule has 1 fully saturated rings. The number of nitrogens with zero attached hydrogens (tertiary/aromatic N) is 2. The van der Waals surface area contributed by atoms with E-state index in [1.807, 2.05) is 30.3 Å². The molecule has 0 spiro atoms. The standard InChI is InChI=1S/C19H15F2N3O/c20-14-6-7-15(21)16(12-14)24-11-8-17(23-24)22-18(25)19(9-10-19)13-4-2-1-3-5-13/h1-8,11-12H,9-10H2,(H,22,23,25). The van der Waals surface area contributed by atoms with Crippen LogP contribution in [0.5, 0.6) is 0 Å². The third-order valence-electron chi connectivity index (χ3n) is 4.50. The highest BCUT2D eigenvalue weighted by molar-refractivity contribution is 6.00. The molecular weight excluding hydrogens is 324 g/mol. The minimum atomic E-state index is -0.592. The normalized spacial score (nSPS) is 15.0. The van der Waals surface area contributed by atoms with Gasteiger partial charge in [0.05, 0.1) is 5.41 Å². The highest BCUT2D eigenvalue weighted by Gasteiger charge is 2.51. The molecule has 1 N–H and O–H groups in total. The van der Waals surface area contributed by atoms with Crippen LogP contribution >= 0.6 is 0 Å². The molecule has 0 radical (unpaired) electrons. The monoisotopic (exact) mass is 339 g/mol. The molecule has 1 aliphatic rings. The van der Waals surface area contributed by atoms with Gasteiger partial charge in [-0.25, -0.2) is 13.5 Å². The van der Waals surface area contributed by atoms with E-state index in [0.29, 0.717) is 5.82 Å². The van der Waals surface area contributed by atoms with Crippen LogP contribution in [0.4, 0.5) is 14.6 Å². The van der Waals surface area contributed by atoms with Crippen molar-refractivity contribution in [2.45, 2.75) is 18.3 Å². The maximum Gasteiger partial charge on any atom is 0.236 e. The van der Waals surface area contributed by atoms with Gasteiger partial charge in [-0.1, -0.05) is 30.3 Å². The number of rotatable bonds is 4. The number of carbonyl (C=O) groups is 1. The van der Waals surface area contributed by atoms with Crippen molar-refractivity contribution in [2.24, 2.45) is 0 Å². The number of anilines is 1. The Morgan fingerprint density at radius 2 is 1.84 bits per heavy atom. The number of hydrogen-bond acceptors (Lipinski definition) is 2. The molecule has 126 valence electrons. The van der Waals surface area contributed by atoms with E-state index in [4.69, 9.17) is 0 Å². The summed E-state index contributed by atoms with van der Waals surface area (Å²) in [5.41, 5.74) is 0.447. The molecule has 3 aromatic rings. The molecule has 1 amide bonds. The molecule has 1 aliphatic carbocycles. The van der Waals surface area contributed by atoms with Gasteiger partial charge in [0, 0.05) is 18.3 Å². The predicted molar refractivity (Wildman–Crippen MR) is 89.5 cm³/mol. The lowest BCUT2D eigenvalue weighted by Gasteiger charge is -2.14. The lowest BCUT2D eigenvalue weighted by Crippen LogP contribution is -2.28. The highest BCUT2D eigenvalue weighted by Crippen LogP contribution is 2.48. The molecule has 0 aliphatic heterocycles. The van der Waals surface area contributed by atoms with E-state index in [1.165, 1.54) is 10.9 Å². The quantitative estimate of drug-likeness (QED) is 0.785. The predicted octanol–water partition coefficient (Wildman–Crippen LogP) is 3.82. The summed E-state index contributed by atoms with van der Waals surface area (Å²) >= 11 is 0. The van der Waals surface area contributed by atoms with Crippen molar-refractivity contribution in [3.8, 4) is 5.69 Å². The van der Waals surface area contributed by atoms with E-state index in [9.17, 15) is 13.6 Å². The number of aromatic nitrogens is 2. The lowest BCUT2D eigenvalue weighted by atomic mass is 9.95. The Bertz CT molecular complexity index is 933. The van der Waals surface area contributed by atoms with Crippen LogP contribution < -0.4 is 5.32 Å². The summed E-state index contributed by atoms with van der Waals surface area (Å²) in [7, 11) is 0. The van der Waals surface area contributed by atoms with Gasteiger partial charge < -0.3 is 5.32 Å². The zero-order valence-corrected chi connectivity index (χ0v) is 13.2. The number of benzene rings is 2. The van der Waals surface area contributed by atoms with Gasteiger partial charge in [-0.05, 0) is 30.5 Å². The summed E-state index contributed by atoms with van der Waals surface area (Å²) in [4.78, 5) is 12.7. The number of nitrogens with one attached hydrogen (secondary N) is 1. The van der Waals surface area contributed by atoms with E-state index < -0.39 is 17.0 Å². The smallest absolute Gasteiger partial charge is 0.236 e. The molecule has 0 bridgehead atoms. The summed E-state index contributed by atoms with van der Waals surface area (Å²) in [6.45, 7) is 0. The Balaban J connectivity index is 1.56. The minimum absolute atomic E-state index is 0.00954. The fourth-order valence-corrected chi connectivity index (χ4v) is 2.95. The maximum atomic E-state index is 13.8. The second-order valence-corrected chi connectivity index (χ2v) is 6.14. The minimum Gasteiger partial charge on any atom is -0.308 e. The van der Waals surface area contributed by atoms with Crippen LogP contribution in [0.1, 0.15) is 18.4 Å². The molecule has 0 atom stereocenters. The topological polar surface area (TPSA) is 46.9 Å². The van der Waals surface area contributed by atoms with Crippen molar-refractivity contribution in [1.29, 1.82) is 0 Å². The van der Waals surface area contributed by atoms with Crippen LogP contribution in [0.3, 0.4) is 0 Å². The molecule has 4 nitrogen and oxygen atoms in total. The summed E-state index contributed by atoms with van der Waals surface area (Å²) in [6.07, 6.45) is 3.04. The molecule has 25 heavy (non-hydrogen) atoms. The molecule has 1 saturated carbocycles. The molecule has 4 rings (SSSR count). The summed E-state index contributed by atoms with van der Waals surface area (Å²) in [6, 6.07) is 14.3. The molecule has 0 unspecified atom stereocenters. The fraction of sp³-hybridized carbons (Fsp3) is 0.158. The van der Waals surface area contributed by atoms with Crippen LogP contribution in [-0.2, 0) is 10.2 Å². The Labute approximate surface area is 143 Å². The van der Waals surface area contributed by atoms with Crippen LogP contribution in [0, 0.1) is 11.6 Å². The zero-order chi connectivity index (χ0) is 17.4. The van der Waals surface area contributed by atoms with Crippen molar-refractivity contribution in [3.63, 3.8) is 0 Å². The van der Waals surface area contributed by atoms with Crippen molar-refractivity contribution in [2.75, 3.05) is 5.32 Å². The van der Waals surface area contributed by atoms with E-state index in [-0.39, 0.29) is 11.6 Å². The molecule has 2 aromatic carbocycles. The third-order valence-corrected chi connectivity index (χ3v) is 4.50. The van der Waals surface area contributed by atoms with Crippen LogP contribution in [0.25, 0.3) is 5.69 Å². The van der Waals surface area contributed by atoms with Gasteiger partial charge >= 0.3 is 0 Å². The maximum absolute atomic E-state index is 13.8. The second kappa shape index (κ2) is 5.81. The first-order valence-electron chi connectivity index (χ1n) is 7.97. The molecule has 0 saturated heterocycles. The largest absolute Gasteiger partial charge is 0.308 e. The number of carbonyl (C=O) groups excluding carboxylic acids is 1. The third kappa shape index (κ3) is 2.80. The van der Waals surface area contributed by atoms with Crippen molar-refractivity contribution in [1.82, 2.24) is 9.78 Å². The summed E-state index contributed by atoms with van der Waals surface area (Å²) in [5.74, 6) is -0.983. The lowest BCUT2D eigenvalue weighted by molar-refractivity contribution is -0.118. The Hall–Kier alpha value is -3.02. The summed E-state index contributed by atoms with van der Waals surface area (Å²) in [5, 5.41) is 6.92. The summed E-state index contributed by atoms with van der Waals surface area (Å²) < 4.78 is 28.4. The molecule has 6 heteroatoms. The molecule has 1 heterocycles. The number of hydrogen-bond donors (Lipinski definition) is 1. The van der Waals surface area contributed by atoms with Gasteiger partial charge in [0.15, 0.2) is 5.82 Å². The van der Waals surface area contributed by atoms with Gasteiger partial charge in [0.2, 0.25) is 5.91 Å². The van der Waals surface area contributed by atoms with Gasteiger partial charge in [-0.2, -0.15) is 0 Å². The van der Waals surface area contributed by atoms with E-state index in [0.717, 1.165) is 36.6 Å². The average molecular weight is 339 g/mol. The van der Waals surface area contributed by atoms with E-state index >= 15 is 0 Å². The van der Waals surface area contributed by atoms with Crippen LogP contribution in [-0.4, -0.2) is 15.7 Å². The van der Waals surface area contributed by atoms with Gasteiger partial charge in [0.25, 0.3) is 0 Å². The Morgan fingerprint density at radius 3 is 2.56 bits per heavy atom. The van der Waals surface area contributed by atoms with Crippen molar-refractivity contribution < 1.29 is 13.6 Å². The van der Waals surface area contributed by atoms with E-state index in [2.05, 4.69) is 10.4 Å². The SMILES string of the molecule is O=C(Nc1ccn(-c2cc(F)ccc2F)n1)C1(c2ccccc2)CC1. The molecule has 1 aromatic heterocycles. The second-order valence-electron chi connectivity index (χ2n) is 6.14. The number of amides is 1. The molecular formula is C19H15F2N3O. The Kier molecular flexibility index (Phi) is 3.60. The van der Waals surface area contributed by atoms with Crippen molar-refractivity contribution >= 4 is 11.7 Å². The first-order valence-corrected chi connectivity index (χ1v) is 7.97. The first kappa shape index (κ1) is 15.5. The highest BCUT2D eigenvalue weighted by atomic mass is 19.1. The van der Waals surface area contributed by atoms with Crippen LogP contribution in [0.15, 0.2) is 60.8 Å². The first-order chi connectivity index (χ1) is 12.1. The van der Waals surface area contributed by atoms with E-state index in [1.54, 1.807) is 6.07 Å². The average Bonchev–Trinajstić information content (AvgIpc) is 3.32. The van der Waals surface area contributed by atoms with Gasteiger partial charge in [-0.15, -0.1) is 5.10 Å². The number of halogens is 2. The Morgan fingerprint density at radius 1 is 1.08 bits per heavy atom. The zero-order valence-electron chi connectivity index (χ0n) is 13.2. The fourth-order valence-electron chi connectivity index (χ4n) is 2.95. The van der Waals surface area contributed by atoms with Crippen molar-refractivity contribution in [3.05, 3.63) is 78.0 Å².